The quantitative estimate of drug-likeness (QED) is 0.897. The lowest BCUT2D eigenvalue weighted by Crippen LogP contribution is -2.28. The average Bonchev–Trinajstić information content (AvgIpc) is 3.03. The summed E-state index contributed by atoms with van der Waals surface area (Å²) in [5, 5.41) is 11.9. The molecule has 6 nitrogen and oxygen atoms in total. The van der Waals surface area contributed by atoms with Crippen LogP contribution in [0.2, 0.25) is 5.02 Å². The molecule has 0 saturated carbocycles. The largest absolute Gasteiger partial charge is 0.495 e. The van der Waals surface area contributed by atoms with Gasteiger partial charge in [0.2, 0.25) is 11.8 Å². The maximum Gasteiger partial charge on any atom is 0.229 e. The highest BCUT2D eigenvalue weighted by molar-refractivity contribution is 6.32. The molecule has 132 valence electrons. The number of benzene rings is 2. The summed E-state index contributed by atoms with van der Waals surface area (Å²) in [4.78, 5) is 26.5. The van der Waals surface area contributed by atoms with E-state index in [1.54, 1.807) is 29.2 Å². The van der Waals surface area contributed by atoms with Gasteiger partial charge >= 0.3 is 0 Å². The Labute approximate surface area is 155 Å². The van der Waals surface area contributed by atoms with Gasteiger partial charge in [0.25, 0.3) is 0 Å². The van der Waals surface area contributed by atoms with Gasteiger partial charge in [-0.3, -0.25) is 9.59 Å². The van der Waals surface area contributed by atoms with E-state index >= 15 is 0 Å². The van der Waals surface area contributed by atoms with Crippen LogP contribution < -0.4 is 15.0 Å². The number of carbonyl (C=O) groups is 2. The molecule has 1 unspecified atom stereocenters. The van der Waals surface area contributed by atoms with E-state index in [0.717, 1.165) is 0 Å². The fourth-order valence-electron chi connectivity index (χ4n) is 2.90. The summed E-state index contributed by atoms with van der Waals surface area (Å²) in [7, 11) is 1.54. The average molecular weight is 370 g/mol. The molecule has 1 atom stereocenters. The normalized spacial score (nSPS) is 16.3. The third-order valence-corrected chi connectivity index (χ3v) is 4.54. The minimum absolute atomic E-state index is 0.119. The minimum atomic E-state index is -0.484. The maximum absolute atomic E-state index is 12.5. The molecule has 1 aliphatic heterocycles. The first kappa shape index (κ1) is 17.8. The molecule has 1 fully saturated rings. The van der Waals surface area contributed by atoms with Crippen molar-refractivity contribution in [3.63, 3.8) is 0 Å². The fourth-order valence-corrected chi connectivity index (χ4v) is 3.12. The van der Waals surface area contributed by atoms with Crippen LogP contribution in [-0.2, 0) is 9.59 Å². The van der Waals surface area contributed by atoms with Crippen LogP contribution in [0.15, 0.2) is 42.5 Å². The van der Waals surface area contributed by atoms with E-state index in [9.17, 15) is 9.59 Å². The number of hydrogen-bond donors (Lipinski definition) is 1. The van der Waals surface area contributed by atoms with Gasteiger partial charge in [0, 0.05) is 18.7 Å². The zero-order chi connectivity index (χ0) is 18.7. The van der Waals surface area contributed by atoms with Crippen LogP contribution in [0.1, 0.15) is 12.0 Å². The lowest BCUT2D eigenvalue weighted by atomic mass is 10.1. The summed E-state index contributed by atoms with van der Waals surface area (Å²) in [6.07, 6.45) is 0.119. The number of anilines is 2. The third kappa shape index (κ3) is 3.48. The van der Waals surface area contributed by atoms with E-state index in [1.165, 1.54) is 13.2 Å². The number of nitriles is 1. The Balaban J connectivity index is 1.73. The number of para-hydroxylation sites is 2. The summed E-state index contributed by atoms with van der Waals surface area (Å²) in [5.41, 5.74) is 1.47. The van der Waals surface area contributed by atoms with Crippen LogP contribution in [0.5, 0.6) is 5.75 Å². The first-order chi connectivity index (χ1) is 12.5. The van der Waals surface area contributed by atoms with Gasteiger partial charge in [-0.05, 0) is 30.3 Å². The number of halogens is 1. The molecule has 2 aromatic carbocycles. The molecule has 0 spiro atoms. The molecule has 26 heavy (non-hydrogen) atoms. The van der Waals surface area contributed by atoms with Gasteiger partial charge in [-0.2, -0.15) is 5.26 Å². The van der Waals surface area contributed by atoms with Crippen molar-refractivity contribution >= 4 is 34.8 Å². The number of nitrogens with zero attached hydrogens (tertiary/aromatic N) is 2. The Morgan fingerprint density at radius 3 is 2.81 bits per heavy atom. The van der Waals surface area contributed by atoms with E-state index < -0.39 is 5.92 Å². The molecule has 0 aromatic heterocycles. The predicted octanol–water partition coefficient (Wildman–Crippen LogP) is 3.21. The summed E-state index contributed by atoms with van der Waals surface area (Å²) in [6.45, 7) is 0.273. The smallest absolute Gasteiger partial charge is 0.229 e. The van der Waals surface area contributed by atoms with Gasteiger partial charge in [-0.1, -0.05) is 23.7 Å². The molecule has 1 saturated heterocycles. The molecule has 0 aliphatic carbocycles. The minimum Gasteiger partial charge on any atom is -0.495 e. The lowest BCUT2D eigenvalue weighted by Gasteiger charge is -2.19. The molecule has 3 rings (SSSR count). The summed E-state index contributed by atoms with van der Waals surface area (Å²) < 4.78 is 5.30. The van der Waals surface area contributed by atoms with Gasteiger partial charge < -0.3 is 15.0 Å². The SMILES string of the molecule is COc1ccccc1N1CC(C(=O)Nc2ccc(C#N)c(Cl)c2)CC1=O. The zero-order valence-electron chi connectivity index (χ0n) is 14.0. The third-order valence-electron chi connectivity index (χ3n) is 4.23. The Morgan fingerprint density at radius 2 is 2.12 bits per heavy atom. The molecule has 2 amide bonds. The number of nitrogens with one attached hydrogen (secondary N) is 1. The van der Waals surface area contributed by atoms with Crippen molar-refractivity contribution in [2.24, 2.45) is 5.92 Å². The number of rotatable bonds is 4. The monoisotopic (exact) mass is 369 g/mol. The van der Waals surface area contributed by atoms with E-state index in [0.29, 0.717) is 22.7 Å². The highest BCUT2D eigenvalue weighted by Crippen LogP contribution is 2.33. The second-order valence-electron chi connectivity index (χ2n) is 5.87. The number of ether oxygens (including phenoxy) is 1. The standard InChI is InChI=1S/C19H16ClN3O3/c1-26-17-5-3-2-4-16(17)23-11-13(8-18(23)24)19(25)22-14-7-6-12(10-21)15(20)9-14/h2-7,9,13H,8,11H2,1H3,(H,22,25). The van der Waals surface area contributed by atoms with E-state index in [1.807, 2.05) is 18.2 Å². The van der Waals surface area contributed by atoms with Crippen molar-refractivity contribution in [2.45, 2.75) is 6.42 Å². The maximum atomic E-state index is 12.5. The van der Waals surface area contributed by atoms with Crippen LogP contribution in [0, 0.1) is 17.2 Å². The van der Waals surface area contributed by atoms with E-state index in [4.69, 9.17) is 21.6 Å². The molecule has 7 heteroatoms. The van der Waals surface area contributed by atoms with Gasteiger partial charge in [-0.25, -0.2) is 0 Å². The lowest BCUT2D eigenvalue weighted by molar-refractivity contribution is -0.122. The molecular weight excluding hydrogens is 354 g/mol. The molecule has 0 bridgehead atoms. The molecule has 1 N–H and O–H groups in total. The van der Waals surface area contributed by atoms with Crippen LogP contribution >= 0.6 is 11.6 Å². The number of carbonyl (C=O) groups excluding carboxylic acids is 2. The number of methoxy groups -OCH3 is 1. The van der Waals surface area contributed by atoms with E-state index in [-0.39, 0.29) is 29.8 Å². The molecule has 1 heterocycles. The fraction of sp³-hybridized carbons (Fsp3) is 0.211. The summed E-state index contributed by atoms with van der Waals surface area (Å²) in [5.74, 6) is -0.299. The topological polar surface area (TPSA) is 82.4 Å². The van der Waals surface area contributed by atoms with Crippen LogP contribution in [0.3, 0.4) is 0 Å². The predicted molar refractivity (Wildman–Crippen MR) is 98.3 cm³/mol. The van der Waals surface area contributed by atoms with Crippen molar-refractivity contribution in [3.05, 3.63) is 53.1 Å². The number of hydrogen-bond acceptors (Lipinski definition) is 4. The second-order valence-corrected chi connectivity index (χ2v) is 6.28. The molecule has 2 aromatic rings. The van der Waals surface area contributed by atoms with Crippen molar-refractivity contribution in [1.82, 2.24) is 0 Å². The zero-order valence-corrected chi connectivity index (χ0v) is 14.8. The first-order valence-corrected chi connectivity index (χ1v) is 8.35. The van der Waals surface area contributed by atoms with Crippen LogP contribution in [0.4, 0.5) is 11.4 Å². The molecule has 0 radical (unpaired) electrons. The van der Waals surface area contributed by atoms with Gasteiger partial charge in [0.1, 0.15) is 11.8 Å². The highest BCUT2D eigenvalue weighted by Gasteiger charge is 2.36. The van der Waals surface area contributed by atoms with Crippen molar-refractivity contribution in [3.8, 4) is 11.8 Å². The van der Waals surface area contributed by atoms with Crippen LogP contribution in [0.25, 0.3) is 0 Å². The summed E-state index contributed by atoms with van der Waals surface area (Å²) >= 11 is 5.98. The molecular formula is C19H16ClN3O3. The van der Waals surface area contributed by atoms with Crippen LogP contribution in [-0.4, -0.2) is 25.5 Å². The van der Waals surface area contributed by atoms with Gasteiger partial charge in [0.15, 0.2) is 0 Å². The van der Waals surface area contributed by atoms with Gasteiger partial charge in [0.05, 0.1) is 29.3 Å². The first-order valence-electron chi connectivity index (χ1n) is 7.97. The highest BCUT2D eigenvalue weighted by atomic mass is 35.5. The Bertz CT molecular complexity index is 907. The summed E-state index contributed by atoms with van der Waals surface area (Å²) in [6, 6.07) is 13.8. The van der Waals surface area contributed by atoms with Gasteiger partial charge in [-0.15, -0.1) is 0 Å². The second kappa shape index (κ2) is 7.46. The number of amides is 2. The van der Waals surface area contributed by atoms with Crippen molar-refractivity contribution < 1.29 is 14.3 Å². The molecule has 1 aliphatic rings. The van der Waals surface area contributed by atoms with Crippen molar-refractivity contribution in [2.75, 3.05) is 23.9 Å². The Kier molecular flexibility index (Phi) is 5.10. The van der Waals surface area contributed by atoms with E-state index in [2.05, 4.69) is 5.32 Å². The van der Waals surface area contributed by atoms with Crippen molar-refractivity contribution in [1.29, 1.82) is 5.26 Å². The Hall–Kier alpha value is -3.04. The Morgan fingerprint density at radius 1 is 1.35 bits per heavy atom.